The van der Waals surface area contributed by atoms with E-state index in [1.807, 2.05) is 30.3 Å². The van der Waals surface area contributed by atoms with E-state index in [-0.39, 0.29) is 32.2 Å². The lowest BCUT2D eigenvalue weighted by Gasteiger charge is -2.47. The maximum absolute atomic E-state index is 11.8. The second-order valence-corrected chi connectivity index (χ2v) is 7.26. The van der Waals surface area contributed by atoms with E-state index in [2.05, 4.69) is 15.0 Å². The smallest absolute Gasteiger partial charge is 0.465 e. The van der Waals surface area contributed by atoms with Crippen LogP contribution in [0.4, 0.5) is 18.0 Å². The third-order valence-corrected chi connectivity index (χ3v) is 5.04. The first-order valence-corrected chi connectivity index (χ1v) is 10.3. The van der Waals surface area contributed by atoms with Gasteiger partial charge < -0.3 is 29.4 Å². The molecule has 1 aromatic carbocycles. The van der Waals surface area contributed by atoms with E-state index in [4.69, 9.17) is 18.9 Å². The van der Waals surface area contributed by atoms with Gasteiger partial charge in [-0.1, -0.05) is 30.3 Å². The van der Waals surface area contributed by atoms with Gasteiger partial charge in [-0.15, -0.1) is 13.2 Å². The topological polar surface area (TPSA) is 98.7 Å². The number of carboxylic acid groups (broad SMARTS) is 1. The fourth-order valence-corrected chi connectivity index (χ4v) is 3.68. The number of ether oxygens (including phenoxy) is 5. The minimum atomic E-state index is -4.65. The predicted molar refractivity (Wildman–Crippen MR) is 104 cm³/mol. The van der Waals surface area contributed by atoms with Crippen molar-refractivity contribution in [3.05, 3.63) is 35.9 Å². The van der Waals surface area contributed by atoms with Gasteiger partial charge in [-0.3, -0.25) is 4.74 Å². The van der Waals surface area contributed by atoms with Gasteiger partial charge in [0, 0.05) is 13.0 Å². The van der Waals surface area contributed by atoms with Crippen molar-refractivity contribution in [2.45, 2.75) is 37.4 Å². The maximum Gasteiger partial charge on any atom is 0.522 e. The Hall–Kier alpha value is -1.96. The van der Waals surface area contributed by atoms with E-state index in [1.165, 1.54) is 0 Å². The number of carbonyl (C=O) groups is 1. The van der Waals surface area contributed by atoms with Gasteiger partial charge in [0.1, 0.15) is 12.5 Å². The lowest BCUT2D eigenvalue weighted by atomic mass is 10.0. The number of halogens is 3. The van der Waals surface area contributed by atoms with Gasteiger partial charge in [0.25, 0.3) is 0 Å². The zero-order valence-corrected chi connectivity index (χ0v) is 17.3. The van der Waals surface area contributed by atoms with Crippen LogP contribution in [-0.2, 0) is 23.7 Å². The average Bonchev–Trinajstić information content (AvgIpc) is 3.04. The Bertz CT molecular complexity index is 710. The molecule has 2 aliphatic heterocycles. The van der Waals surface area contributed by atoms with Gasteiger partial charge >= 0.3 is 12.5 Å². The monoisotopic (exact) mass is 464 g/mol. The number of hydrogen-bond acceptors (Lipinski definition) is 7. The fraction of sp³-hybridized carbons (Fsp3) is 0.650. The molecule has 0 radical (unpaired) electrons. The van der Waals surface area contributed by atoms with Gasteiger partial charge in [0.05, 0.1) is 51.8 Å². The molecule has 180 valence electrons. The van der Waals surface area contributed by atoms with Gasteiger partial charge in [-0.05, 0) is 5.56 Å². The molecule has 1 aromatic rings. The molecule has 12 heteroatoms. The normalized spacial score (nSPS) is 24.0. The minimum Gasteiger partial charge on any atom is -0.465 e. The van der Waals surface area contributed by atoms with Crippen LogP contribution in [0.3, 0.4) is 0 Å². The molecule has 0 saturated carbocycles. The van der Waals surface area contributed by atoms with Crippen LogP contribution in [0.2, 0.25) is 0 Å². The molecule has 2 aliphatic rings. The van der Waals surface area contributed by atoms with Crippen molar-refractivity contribution >= 4 is 6.09 Å². The van der Waals surface area contributed by atoms with Crippen LogP contribution in [-0.4, -0.2) is 87.2 Å². The molecule has 2 heterocycles. The number of amides is 1. The summed E-state index contributed by atoms with van der Waals surface area (Å²) in [7, 11) is 0. The quantitative estimate of drug-likeness (QED) is 0.430. The summed E-state index contributed by atoms with van der Waals surface area (Å²) in [6.07, 6.45) is -5.67. The molecule has 0 spiro atoms. The predicted octanol–water partition coefficient (Wildman–Crippen LogP) is 2.34. The van der Waals surface area contributed by atoms with E-state index in [9.17, 15) is 23.1 Å². The lowest BCUT2D eigenvalue weighted by Crippen LogP contribution is -2.60. The molecule has 0 aliphatic carbocycles. The summed E-state index contributed by atoms with van der Waals surface area (Å²) in [4.78, 5) is 13.3. The lowest BCUT2D eigenvalue weighted by molar-refractivity contribution is -0.327. The van der Waals surface area contributed by atoms with E-state index in [0.29, 0.717) is 26.2 Å². The second kappa shape index (κ2) is 11.8. The van der Waals surface area contributed by atoms with E-state index in [1.54, 1.807) is 0 Å². The van der Waals surface area contributed by atoms with Crippen LogP contribution in [0.1, 0.15) is 18.0 Å². The highest BCUT2D eigenvalue weighted by Gasteiger charge is 2.50. The molecule has 3 rings (SSSR count). The number of rotatable bonds is 13. The first-order valence-electron chi connectivity index (χ1n) is 10.3. The number of fused-ring (bicyclic) bond motifs is 1. The second-order valence-electron chi connectivity index (χ2n) is 7.26. The molecule has 2 N–H and O–H groups in total. The number of benzene rings is 1. The molecule has 0 bridgehead atoms. The van der Waals surface area contributed by atoms with Crippen molar-refractivity contribution in [1.29, 1.82) is 0 Å². The summed E-state index contributed by atoms with van der Waals surface area (Å²) in [5.41, 5.74) is 0.823. The Kier molecular flexibility index (Phi) is 9.08. The molecular weight excluding hydrogens is 437 g/mol. The standard InChI is InChI=1S/C20H27F3N2O7/c21-20(22,23)31-11-9-29-7-6-28-8-10-30-15-12-16-25(13-15)18(32-16)17(24-19(26)27)14-4-2-1-3-5-14/h1-5,15-18,24H,6-13H2,(H,26,27)/t15-,16?,17?,18?/m0/s1. The fourth-order valence-electron chi connectivity index (χ4n) is 3.68. The minimum absolute atomic E-state index is 0.0642. The summed E-state index contributed by atoms with van der Waals surface area (Å²) in [5.74, 6) is 0. The molecule has 3 unspecified atom stereocenters. The molecule has 1 amide bonds. The van der Waals surface area contributed by atoms with Crippen molar-refractivity contribution in [3.63, 3.8) is 0 Å². The average molecular weight is 464 g/mol. The number of alkyl halides is 3. The molecular formula is C20H27F3N2O7. The third-order valence-electron chi connectivity index (χ3n) is 5.04. The molecule has 4 atom stereocenters. The Morgan fingerprint density at radius 3 is 2.44 bits per heavy atom. The zero-order chi connectivity index (χ0) is 23.0. The van der Waals surface area contributed by atoms with E-state index >= 15 is 0 Å². The van der Waals surface area contributed by atoms with E-state index in [0.717, 1.165) is 5.56 Å². The van der Waals surface area contributed by atoms with Gasteiger partial charge in [-0.2, -0.15) is 0 Å². The molecule has 0 aromatic heterocycles. The third kappa shape index (κ3) is 7.57. The van der Waals surface area contributed by atoms with Crippen molar-refractivity contribution in [2.24, 2.45) is 0 Å². The van der Waals surface area contributed by atoms with E-state index < -0.39 is 31.3 Å². The van der Waals surface area contributed by atoms with Gasteiger partial charge in [-0.25, -0.2) is 9.69 Å². The highest BCUT2D eigenvalue weighted by molar-refractivity contribution is 5.65. The van der Waals surface area contributed by atoms with Crippen molar-refractivity contribution < 1.29 is 46.8 Å². The van der Waals surface area contributed by atoms with Gasteiger partial charge in [0.15, 0.2) is 0 Å². The summed E-state index contributed by atoms with van der Waals surface area (Å²) in [6.45, 7) is 0.960. The van der Waals surface area contributed by atoms with Crippen LogP contribution >= 0.6 is 0 Å². The Morgan fingerprint density at radius 1 is 1.12 bits per heavy atom. The van der Waals surface area contributed by atoms with Gasteiger partial charge in [0.2, 0.25) is 0 Å². The summed E-state index contributed by atoms with van der Waals surface area (Å²) < 4.78 is 61.0. The van der Waals surface area contributed by atoms with Crippen LogP contribution in [0.5, 0.6) is 0 Å². The Morgan fingerprint density at radius 2 is 1.78 bits per heavy atom. The first-order chi connectivity index (χ1) is 15.3. The van der Waals surface area contributed by atoms with Crippen molar-refractivity contribution in [3.8, 4) is 0 Å². The number of nitrogens with one attached hydrogen (secondary N) is 1. The highest BCUT2D eigenvalue weighted by Crippen LogP contribution is 2.39. The number of nitrogens with zero attached hydrogens (tertiary/aromatic N) is 1. The van der Waals surface area contributed by atoms with Crippen LogP contribution in [0.25, 0.3) is 0 Å². The van der Waals surface area contributed by atoms with Crippen molar-refractivity contribution in [2.75, 3.05) is 46.2 Å². The molecule has 32 heavy (non-hydrogen) atoms. The van der Waals surface area contributed by atoms with Crippen LogP contribution < -0.4 is 5.32 Å². The van der Waals surface area contributed by atoms with Crippen molar-refractivity contribution in [1.82, 2.24) is 10.2 Å². The Balaban J connectivity index is 1.29. The SMILES string of the molecule is O=C(O)NC(c1ccccc1)C1OC2C[C@H](OCCOCCOCCOC(F)(F)F)CN21. The summed E-state index contributed by atoms with van der Waals surface area (Å²) >= 11 is 0. The molecule has 2 saturated heterocycles. The Labute approximate surface area is 183 Å². The zero-order valence-electron chi connectivity index (χ0n) is 17.3. The summed E-state index contributed by atoms with van der Waals surface area (Å²) in [6, 6.07) is 8.76. The molecule has 2 fully saturated rings. The molecule has 9 nitrogen and oxygen atoms in total. The summed E-state index contributed by atoms with van der Waals surface area (Å²) in [5, 5.41) is 11.7. The number of hydrogen-bond donors (Lipinski definition) is 2. The largest absolute Gasteiger partial charge is 0.522 e. The van der Waals surface area contributed by atoms with Crippen LogP contribution in [0.15, 0.2) is 30.3 Å². The highest BCUT2D eigenvalue weighted by atomic mass is 19.4. The maximum atomic E-state index is 11.8. The van der Waals surface area contributed by atoms with Crippen LogP contribution in [0, 0.1) is 0 Å². The first kappa shape index (κ1) is 24.7.